The SMILES string of the molecule is CCCNC1CCCC(SCC(=O)NCC)C1. The van der Waals surface area contributed by atoms with E-state index in [1.165, 1.54) is 32.1 Å². The second-order valence-electron chi connectivity index (χ2n) is 4.70. The first-order valence-corrected chi connectivity index (χ1v) is 7.92. The van der Waals surface area contributed by atoms with Gasteiger partial charge in [-0.05, 0) is 39.2 Å². The summed E-state index contributed by atoms with van der Waals surface area (Å²) in [6.07, 6.45) is 6.30. The highest BCUT2D eigenvalue weighted by Crippen LogP contribution is 2.28. The van der Waals surface area contributed by atoms with Crippen molar-refractivity contribution < 1.29 is 4.79 Å². The molecule has 1 aliphatic carbocycles. The number of hydrogen-bond acceptors (Lipinski definition) is 3. The summed E-state index contributed by atoms with van der Waals surface area (Å²) in [4.78, 5) is 11.4. The monoisotopic (exact) mass is 258 g/mol. The van der Waals surface area contributed by atoms with Crippen molar-refractivity contribution in [3.8, 4) is 0 Å². The van der Waals surface area contributed by atoms with Crippen LogP contribution in [-0.4, -0.2) is 36.0 Å². The second-order valence-corrected chi connectivity index (χ2v) is 5.99. The number of rotatable bonds is 7. The van der Waals surface area contributed by atoms with E-state index in [1.54, 1.807) is 0 Å². The molecule has 1 saturated carbocycles. The van der Waals surface area contributed by atoms with Gasteiger partial charge in [0.05, 0.1) is 5.75 Å². The molecule has 1 rings (SSSR count). The van der Waals surface area contributed by atoms with Crippen LogP contribution >= 0.6 is 11.8 Å². The molecule has 3 nitrogen and oxygen atoms in total. The highest BCUT2D eigenvalue weighted by atomic mass is 32.2. The first-order chi connectivity index (χ1) is 8.26. The van der Waals surface area contributed by atoms with Gasteiger partial charge in [-0.25, -0.2) is 0 Å². The van der Waals surface area contributed by atoms with E-state index >= 15 is 0 Å². The molecule has 100 valence electrons. The van der Waals surface area contributed by atoms with Crippen molar-refractivity contribution in [1.82, 2.24) is 10.6 Å². The highest BCUT2D eigenvalue weighted by Gasteiger charge is 2.22. The molecule has 0 radical (unpaired) electrons. The van der Waals surface area contributed by atoms with Crippen LogP contribution in [0.3, 0.4) is 0 Å². The Morgan fingerprint density at radius 1 is 1.35 bits per heavy atom. The van der Waals surface area contributed by atoms with E-state index in [2.05, 4.69) is 17.6 Å². The van der Waals surface area contributed by atoms with Crippen molar-refractivity contribution in [3.05, 3.63) is 0 Å². The number of hydrogen-bond donors (Lipinski definition) is 2. The van der Waals surface area contributed by atoms with E-state index in [0.29, 0.717) is 17.0 Å². The molecule has 1 fully saturated rings. The predicted octanol–water partition coefficient (Wildman–Crippen LogP) is 2.17. The fourth-order valence-corrected chi connectivity index (χ4v) is 3.46. The minimum atomic E-state index is 0.182. The van der Waals surface area contributed by atoms with Gasteiger partial charge in [-0.2, -0.15) is 0 Å². The van der Waals surface area contributed by atoms with E-state index < -0.39 is 0 Å². The van der Waals surface area contributed by atoms with Crippen molar-refractivity contribution in [2.24, 2.45) is 0 Å². The number of thioether (sulfide) groups is 1. The van der Waals surface area contributed by atoms with Gasteiger partial charge in [0.15, 0.2) is 0 Å². The molecule has 0 heterocycles. The molecular formula is C13H26N2OS. The summed E-state index contributed by atoms with van der Waals surface area (Å²) in [5.41, 5.74) is 0. The lowest BCUT2D eigenvalue weighted by molar-refractivity contribution is -0.118. The molecule has 0 aromatic rings. The van der Waals surface area contributed by atoms with Gasteiger partial charge in [-0.3, -0.25) is 4.79 Å². The summed E-state index contributed by atoms with van der Waals surface area (Å²) >= 11 is 1.83. The Kier molecular flexibility index (Phi) is 7.69. The summed E-state index contributed by atoms with van der Waals surface area (Å²) in [5, 5.41) is 7.12. The minimum absolute atomic E-state index is 0.182. The van der Waals surface area contributed by atoms with Crippen molar-refractivity contribution in [2.45, 2.75) is 57.2 Å². The third-order valence-electron chi connectivity index (χ3n) is 3.13. The lowest BCUT2D eigenvalue weighted by Crippen LogP contribution is -2.36. The molecule has 0 bridgehead atoms. The van der Waals surface area contributed by atoms with Crippen LogP contribution in [0, 0.1) is 0 Å². The molecule has 0 aliphatic heterocycles. The molecular weight excluding hydrogens is 232 g/mol. The summed E-state index contributed by atoms with van der Waals surface area (Å²) in [6, 6.07) is 0.676. The lowest BCUT2D eigenvalue weighted by Gasteiger charge is -2.29. The second kappa shape index (κ2) is 8.81. The van der Waals surface area contributed by atoms with Crippen LogP contribution in [0.15, 0.2) is 0 Å². The van der Waals surface area contributed by atoms with Crippen LogP contribution in [0.25, 0.3) is 0 Å². The maximum absolute atomic E-state index is 11.4. The maximum Gasteiger partial charge on any atom is 0.229 e. The van der Waals surface area contributed by atoms with Gasteiger partial charge in [-0.1, -0.05) is 13.3 Å². The van der Waals surface area contributed by atoms with Crippen molar-refractivity contribution in [2.75, 3.05) is 18.8 Å². The van der Waals surface area contributed by atoms with Crippen LogP contribution in [0.4, 0.5) is 0 Å². The van der Waals surface area contributed by atoms with Crippen LogP contribution in [0.5, 0.6) is 0 Å². The van der Waals surface area contributed by atoms with Crippen molar-refractivity contribution in [3.63, 3.8) is 0 Å². The molecule has 1 amide bonds. The van der Waals surface area contributed by atoms with Crippen LogP contribution in [0.2, 0.25) is 0 Å². The fourth-order valence-electron chi connectivity index (χ4n) is 2.27. The van der Waals surface area contributed by atoms with Gasteiger partial charge in [0, 0.05) is 17.8 Å². The van der Waals surface area contributed by atoms with Gasteiger partial charge < -0.3 is 10.6 Å². The first-order valence-electron chi connectivity index (χ1n) is 6.88. The third kappa shape index (κ3) is 6.32. The van der Waals surface area contributed by atoms with Crippen LogP contribution in [-0.2, 0) is 4.79 Å². The Bertz CT molecular complexity index is 223. The highest BCUT2D eigenvalue weighted by molar-refractivity contribution is 8.00. The number of nitrogens with one attached hydrogen (secondary N) is 2. The molecule has 0 aromatic carbocycles. The van der Waals surface area contributed by atoms with E-state index in [4.69, 9.17) is 0 Å². The zero-order chi connectivity index (χ0) is 12.5. The molecule has 2 N–H and O–H groups in total. The zero-order valence-electron chi connectivity index (χ0n) is 11.1. The molecule has 2 atom stereocenters. The minimum Gasteiger partial charge on any atom is -0.356 e. The smallest absolute Gasteiger partial charge is 0.229 e. The van der Waals surface area contributed by atoms with E-state index in [9.17, 15) is 4.79 Å². The Morgan fingerprint density at radius 2 is 2.18 bits per heavy atom. The topological polar surface area (TPSA) is 41.1 Å². The average Bonchev–Trinajstić information content (AvgIpc) is 2.35. The Morgan fingerprint density at radius 3 is 2.88 bits per heavy atom. The lowest BCUT2D eigenvalue weighted by atomic mass is 9.95. The van der Waals surface area contributed by atoms with Gasteiger partial charge in [0.2, 0.25) is 5.91 Å². The molecule has 0 spiro atoms. The summed E-state index contributed by atoms with van der Waals surface area (Å²) in [6.45, 7) is 6.04. The van der Waals surface area contributed by atoms with E-state index in [1.807, 2.05) is 18.7 Å². The summed E-state index contributed by atoms with van der Waals surface area (Å²) < 4.78 is 0. The Hall–Kier alpha value is -0.220. The fraction of sp³-hybridized carbons (Fsp3) is 0.923. The number of carbonyl (C=O) groups excluding carboxylic acids is 1. The number of amides is 1. The largest absolute Gasteiger partial charge is 0.356 e. The molecule has 0 saturated heterocycles. The normalized spacial score (nSPS) is 24.6. The molecule has 17 heavy (non-hydrogen) atoms. The molecule has 4 heteroatoms. The van der Waals surface area contributed by atoms with Gasteiger partial charge in [0.25, 0.3) is 0 Å². The van der Waals surface area contributed by atoms with Crippen LogP contribution < -0.4 is 10.6 Å². The van der Waals surface area contributed by atoms with Gasteiger partial charge in [0.1, 0.15) is 0 Å². The van der Waals surface area contributed by atoms with E-state index in [-0.39, 0.29) is 5.91 Å². The van der Waals surface area contributed by atoms with E-state index in [0.717, 1.165) is 13.1 Å². The Labute approximate surface area is 109 Å². The van der Waals surface area contributed by atoms with Crippen molar-refractivity contribution >= 4 is 17.7 Å². The molecule has 0 aromatic heterocycles. The van der Waals surface area contributed by atoms with Gasteiger partial charge >= 0.3 is 0 Å². The summed E-state index contributed by atoms with van der Waals surface area (Å²) in [5.74, 6) is 0.806. The van der Waals surface area contributed by atoms with Crippen molar-refractivity contribution in [1.29, 1.82) is 0 Å². The Balaban J connectivity index is 2.17. The zero-order valence-corrected chi connectivity index (χ0v) is 11.9. The van der Waals surface area contributed by atoms with Gasteiger partial charge in [-0.15, -0.1) is 11.8 Å². The van der Waals surface area contributed by atoms with Crippen LogP contribution in [0.1, 0.15) is 46.0 Å². The number of carbonyl (C=O) groups is 1. The summed E-state index contributed by atoms with van der Waals surface area (Å²) in [7, 11) is 0. The third-order valence-corrected chi connectivity index (χ3v) is 4.46. The first kappa shape index (κ1) is 14.8. The maximum atomic E-state index is 11.4. The predicted molar refractivity (Wildman–Crippen MR) is 75.5 cm³/mol. The molecule has 1 aliphatic rings. The average molecular weight is 258 g/mol. The quantitative estimate of drug-likeness (QED) is 0.735. The standard InChI is InChI=1S/C13H26N2OS/c1-3-8-15-11-6-5-7-12(9-11)17-10-13(16)14-4-2/h11-12,15H,3-10H2,1-2H3,(H,14,16). The molecule has 2 unspecified atom stereocenters.